The van der Waals surface area contributed by atoms with E-state index in [0.717, 1.165) is 41.9 Å². The van der Waals surface area contributed by atoms with E-state index in [4.69, 9.17) is 11.6 Å². The lowest BCUT2D eigenvalue weighted by atomic mass is 9.87. The number of aldehydes is 1. The molecule has 0 saturated carbocycles. The number of carbonyl (C=O) groups is 1. The number of carbonyl (C=O) groups excluding carboxylic acids is 1. The van der Waals surface area contributed by atoms with Crippen molar-refractivity contribution in [1.29, 1.82) is 0 Å². The lowest BCUT2D eigenvalue weighted by molar-refractivity contribution is 0.112. The van der Waals surface area contributed by atoms with Crippen LogP contribution in [0.1, 0.15) is 51.4 Å². The summed E-state index contributed by atoms with van der Waals surface area (Å²) >= 11 is 8.12. The highest BCUT2D eigenvalue weighted by Gasteiger charge is 2.14. The second-order valence-electron chi connectivity index (χ2n) is 7.55. The Kier molecular flexibility index (Phi) is 7.97. The van der Waals surface area contributed by atoms with Gasteiger partial charge in [0.2, 0.25) is 0 Å². The van der Waals surface area contributed by atoms with Crippen LogP contribution in [0.15, 0.2) is 71.6 Å². The van der Waals surface area contributed by atoms with Gasteiger partial charge in [0.25, 0.3) is 0 Å². The fourth-order valence-electron chi connectivity index (χ4n) is 3.52. The van der Waals surface area contributed by atoms with Gasteiger partial charge in [0.05, 0.1) is 0 Å². The van der Waals surface area contributed by atoms with Crippen LogP contribution >= 0.6 is 23.4 Å². The molecule has 1 atom stereocenters. The van der Waals surface area contributed by atoms with Gasteiger partial charge in [-0.25, -0.2) is 0 Å². The van der Waals surface area contributed by atoms with Gasteiger partial charge in [-0.3, -0.25) is 4.79 Å². The molecule has 0 amide bonds. The van der Waals surface area contributed by atoms with Crippen molar-refractivity contribution in [2.75, 3.05) is 5.75 Å². The predicted molar refractivity (Wildman–Crippen MR) is 126 cm³/mol. The van der Waals surface area contributed by atoms with Crippen molar-refractivity contribution in [3.8, 4) is 0 Å². The molecule has 3 aromatic carbocycles. The highest BCUT2D eigenvalue weighted by molar-refractivity contribution is 7.99. The quantitative estimate of drug-likeness (QED) is 0.200. The molecule has 0 heterocycles. The van der Waals surface area contributed by atoms with E-state index in [1.807, 2.05) is 48.2 Å². The summed E-state index contributed by atoms with van der Waals surface area (Å²) in [4.78, 5) is 12.0. The standard InChI is InChI=1S/C26H27ClOS/c1-19-8-9-22(15-20(19)2)16-23(24-5-3-7-25(27)17-24)6-4-14-29-26-12-10-21(18-28)11-13-26/h3,5,7-13,15,17-18,23H,4,6,14,16H2,1-2H3. The average molecular weight is 423 g/mol. The molecule has 0 aliphatic rings. The van der Waals surface area contributed by atoms with Gasteiger partial charge in [0, 0.05) is 15.5 Å². The van der Waals surface area contributed by atoms with Crippen molar-refractivity contribution in [3.05, 3.63) is 99.6 Å². The molecular formula is C26H27ClOS. The maximum absolute atomic E-state index is 10.8. The third-order valence-electron chi connectivity index (χ3n) is 5.36. The Balaban J connectivity index is 1.64. The largest absolute Gasteiger partial charge is 0.298 e. The predicted octanol–water partition coefficient (Wildman–Crippen LogP) is 7.67. The number of benzene rings is 3. The van der Waals surface area contributed by atoms with E-state index in [9.17, 15) is 4.79 Å². The van der Waals surface area contributed by atoms with Gasteiger partial charge in [0.1, 0.15) is 6.29 Å². The third-order valence-corrected chi connectivity index (χ3v) is 6.69. The number of rotatable bonds is 9. The molecule has 150 valence electrons. The van der Waals surface area contributed by atoms with Crippen LogP contribution in [0.4, 0.5) is 0 Å². The van der Waals surface area contributed by atoms with E-state index in [-0.39, 0.29) is 0 Å². The van der Waals surface area contributed by atoms with Crippen molar-refractivity contribution in [3.63, 3.8) is 0 Å². The van der Waals surface area contributed by atoms with Crippen molar-refractivity contribution in [2.24, 2.45) is 0 Å². The topological polar surface area (TPSA) is 17.1 Å². The number of hydrogen-bond acceptors (Lipinski definition) is 2. The molecular weight excluding hydrogens is 396 g/mol. The Morgan fingerprint density at radius 1 is 0.966 bits per heavy atom. The van der Waals surface area contributed by atoms with Gasteiger partial charge in [-0.2, -0.15) is 0 Å². The molecule has 0 aromatic heterocycles. The molecule has 0 radical (unpaired) electrons. The normalized spacial score (nSPS) is 12.0. The summed E-state index contributed by atoms with van der Waals surface area (Å²) in [6, 6.07) is 22.9. The first-order valence-corrected chi connectivity index (χ1v) is 11.4. The molecule has 3 heteroatoms. The van der Waals surface area contributed by atoms with Gasteiger partial charge in [-0.15, -0.1) is 11.8 Å². The number of hydrogen-bond donors (Lipinski definition) is 0. The zero-order valence-corrected chi connectivity index (χ0v) is 18.6. The molecule has 1 unspecified atom stereocenters. The maximum atomic E-state index is 10.8. The highest BCUT2D eigenvalue weighted by Crippen LogP contribution is 2.30. The highest BCUT2D eigenvalue weighted by atomic mass is 35.5. The molecule has 3 rings (SSSR count). The SMILES string of the molecule is Cc1ccc(CC(CCCSc2ccc(C=O)cc2)c2cccc(Cl)c2)cc1C. The molecule has 0 fully saturated rings. The van der Waals surface area contributed by atoms with Gasteiger partial charge >= 0.3 is 0 Å². The molecule has 0 N–H and O–H groups in total. The zero-order chi connectivity index (χ0) is 20.6. The first-order valence-electron chi connectivity index (χ1n) is 10.0. The Hall–Kier alpha value is -2.03. The van der Waals surface area contributed by atoms with Crippen LogP contribution in [0.2, 0.25) is 5.02 Å². The maximum Gasteiger partial charge on any atom is 0.150 e. The van der Waals surface area contributed by atoms with E-state index in [2.05, 4.69) is 44.2 Å². The Morgan fingerprint density at radius 2 is 1.76 bits per heavy atom. The fourth-order valence-corrected chi connectivity index (χ4v) is 4.60. The molecule has 29 heavy (non-hydrogen) atoms. The van der Waals surface area contributed by atoms with Crippen molar-refractivity contribution in [2.45, 2.75) is 43.9 Å². The zero-order valence-electron chi connectivity index (χ0n) is 17.0. The molecule has 0 saturated heterocycles. The van der Waals surface area contributed by atoms with E-state index in [1.165, 1.54) is 27.1 Å². The number of thioether (sulfide) groups is 1. The Morgan fingerprint density at radius 3 is 2.45 bits per heavy atom. The summed E-state index contributed by atoms with van der Waals surface area (Å²) in [7, 11) is 0. The third kappa shape index (κ3) is 6.48. The fraction of sp³-hybridized carbons (Fsp3) is 0.269. The minimum atomic E-state index is 0.453. The van der Waals surface area contributed by atoms with Gasteiger partial charge < -0.3 is 0 Å². The summed E-state index contributed by atoms with van der Waals surface area (Å²) in [5.41, 5.74) is 6.11. The first-order chi connectivity index (χ1) is 14.0. The van der Waals surface area contributed by atoms with E-state index in [1.54, 1.807) is 0 Å². The smallest absolute Gasteiger partial charge is 0.150 e. The Bertz CT molecular complexity index is 949. The summed E-state index contributed by atoms with van der Waals surface area (Å²) in [6.45, 7) is 4.34. The second-order valence-corrected chi connectivity index (χ2v) is 9.16. The van der Waals surface area contributed by atoms with Crippen LogP contribution in [0.25, 0.3) is 0 Å². The van der Waals surface area contributed by atoms with Crippen molar-refractivity contribution >= 4 is 29.6 Å². The molecule has 3 aromatic rings. The molecule has 1 nitrogen and oxygen atoms in total. The first kappa shape index (κ1) is 21.7. The van der Waals surface area contributed by atoms with Crippen molar-refractivity contribution in [1.82, 2.24) is 0 Å². The lowest BCUT2D eigenvalue weighted by Gasteiger charge is -2.19. The van der Waals surface area contributed by atoms with Gasteiger partial charge in [0.15, 0.2) is 0 Å². The summed E-state index contributed by atoms with van der Waals surface area (Å²) < 4.78 is 0. The van der Waals surface area contributed by atoms with Crippen LogP contribution in [0.5, 0.6) is 0 Å². The van der Waals surface area contributed by atoms with E-state index >= 15 is 0 Å². The van der Waals surface area contributed by atoms with Gasteiger partial charge in [-0.1, -0.05) is 54.1 Å². The number of halogens is 1. The lowest BCUT2D eigenvalue weighted by Crippen LogP contribution is -2.05. The minimum Gasteiger partial charge on any atom is -0.298 e. The van der Waals surface area contributed by atoms with E-state index in [0.29, 0.717) is 5.92 Å². The molecule has 0 bridgehead atoms. The van der Waals surface area contributed by atoms with Crippen LogP contribution in [0, 0.1) is 13.8 Å². The Labute approximate surface area is 183 Å². The van der Waals surface area contributed by atoms with Crippen molar-refractivity contribution < 1.29 is 4.79 Å². The van der Waals surface area contributed by atoms with Crippen LogP contribution in [0.3, 0.4) is 0 Å². The van der Waals surface area contributed by atoms with E-state index < -0.39 is 0 Å². The van der Waals surface area contributed by atoms with Crippen LogP contribution in [-0.4, -0.2) is 12.0 Å². The summed E-state index contributed by atoms with van der Waals surface area (Å²) in [5.74, 6) is 1.51. The average Bonchev–Trinajstić information content (AvgIpc) is 2.73. The van der Waals surface area contributed by atoms with Crippen LogP contribution < -0.4 is 0 Å². The molecule has 0 aliphatic heterocycles. The summed E-state index contributed by atoms with van der Waals surface area (Å²) in [5, 5.41) is 0.803. The molecule has 0 spiro atoms. The summed E-state index contributed by atoms with van der Waals surface area (Å²) in [6.07, 6.45) is 4.16. The van der Waals surface area contributed by atoms with Crippen LogP contribution in [-0.2, 0) is 6.42 Å². The monoisotopic (exact) mass is 422 g/mol. The molecule has 0 aliphatic carbocycles. The second kappa shape index (κ2) is 10.7. The minimum absolute atomic E-state index is 0.453. The number of aryl methyl sites for hydroxylation is 2. The van der Waals surface area contributed by atoms with Gasteiger partial charge in [-0.05, 0) is 91.3 Å².